The maximum atomic E-state index is 11.4. The van der Waals surface area contributed by atoms with Crippen molar-refractivity contribution in [2.45, 2.75) is 75.3 Å². The van der Waals surface area contributed by atoms with Crippen molar-refractivity contribution in [2.24, 2.45) is 11.3 Å². The van der Waals surface area contributed by atoms with Gasteiger partial charge in [0.2, 0.25) is 0 Å². The number of ether oxygens (including phenoxy) is 2. The zero-order valence-corrected chi connectivity index (χ0v) is 17.2. The molecule has 2 saturated heterocycles. The predicted octanol–water partition coefficient (Wildman–Crippen LogP) is 4.59. The molecular formula is C20H32O3S2. The Bertz CT molecular complexity index is 523. The van der Waals surface area contributed by atoms with Crippen molar-refractivity contribution in [1.82, 2.24) is 0 Å². The maximum absolute atomic E-state index is 11.4. The van der Waals surface area contributed by atoms with Crippen molar-refractivity contribution >= 4 is 23.5 Å². The summed E-state index contributed by atoms with van der Waals surface area (Å²) in [7, 11) is 0. The van der Waals surface area contributed by atoms with Crippen molar-refractivity contribution in [3.63, 3.8) is 0 Å². The first-order valence-corrected chi connectivity index (χ1v) is 12.0. The van der Waals surface area contributed by atoms with Gasteiger partial charge in [0.05, 0.1) is 23.4 Å². The molecule has 1 N–H and O–H groups in total. The molecule has 5 heteroatoms. The highest BCUT2D eigenvalue weighted by Gasteiger charge is 2.56. The van der Waals surface area contributed by atoms with Crippen LogP contribution >= 0.6 is 23.5 Å². The molecule has 0 radical (unpaired) electrons. The van der Waals surface area contributed by atoms with Crippen LogP contribution in [0.3, 0.4) is 0 Å². The van der Waals surface area contributed by atoms with Crippen LogP contribution in [0.15, 0.2) is 11.1 Å². The molecular weight excluding hydrogens is 352 g/mol. The summed E-state index contributed by atoms with van der Waals surface area (Å²) in [5.74, 6) is 3.04. The van der Waals surface area contributed by atoms with E-state index in [0.29, 0.717) is 5.92 Å². The molecule has 25 heavy (non-hydrogen) atoms. The summed E-state index contributed by atoms with van der Waals surface area (Å²) in [5, 5.41) is 11.4. The Morgan fingerprint density at radius 3 is 2.64 bits per heavy atom. The summed E-state index contributed by atoms with van der Waals surface area (Å²) in [4.78, 5) is 0. The number of aliphatic hydroxyl groups excluding tert-OH is 1. The van der Waals surface area contributed by atoms with E-state index in [1.807, 2.05) is 0 Å². The molecule has 0 amide bonds. The second-order valence-electron chi connectivity index (χ2n) is 8.27. The average Bonchev–Trinajstić information content (AvgIpc) is 3.25. The van der Waals surface area contributed by atoms with E-state index in [0.717, 1.165) is 32.5 Å². The SMILES string of the molecule is CC1CCC2=C(C3(CC2)SCCS3)C1(C)[C@@H](O)CCC1OCCCO1. The fourth-order valence-electron chi connectivity index (χ4n) is 5.35. The largest absolute Gasteiger partial charge is 0.392 e. The predicted molar refractivity (Wildman–Crippen MR) is 106 cm³/mol. The Morgan fingerprint density at radius 1 is 1.20 bits per heavy atom. The van der Waals surface area contributed by atoms with Crippen LogP contribution in [-0.4, -0.2) is 46.3 Å². The Kier molecular flexibility index (Phi) is 5.52. The zero-order chi connectivity index (χ0) is 17.5. The van der Waals surface area contributed by atoms with Crippen LogP contribution in [0.1, 0.15) is 58.8 Å². The first-order valence-electron chi connectivity index (χ1n) is 9.98. The Labute approximate surface area is 160 Å². The van der Waals surface area contributed by atoms with E-state index in [4.69, 9.17) is 9.47 Å². The molecule has 4 aliphatic rings. The van der Waals surface area contributed by atoms with Crippen LogP contribution in [0.5, 0.6) is 0 Å². The van der Waals surface area contributed by atoms with Crippen molar-refractivity contribution in [3.8, 4) is 0 Å². The first kappa shape index (κ1) is 18.7. The fourth-order valence-corrected chi connectivity index (χ4v) is 9.02. The molecule has 2 aliphatic heterocycles. The Hall–Kier alpha value is 0.320. The first-order chi connectivity index (χ1) is 12.1. The standard InChI is InChI=1S/C20H32O3S2/c1-14-4-5-15-8-9-20(24-12-13-25-20)18(15)19(14,2)16(21)6-7-17-22-10-3-11-23-17/h14,16-17,21H,3-13H2,1-2H3/t14?,16-,19?/m0/s1. The summed E-state index contributed by atoms with van der Waals surface area (Å²) < 4.78 is 11.7. The highest BCUT2D eigenvalue weighted by Crippen LogP contribution is 2.66. The smallest absolute Gasteiger partial charge is 0.157 e. The molecule has 0 bridgehead atoms. The van der Waals surface area contributed by atoms with E-state index in [1.165, 1.54) is 37.2 Å². The number of hydrogen-bond donors (Lipinski definition) is 1. The molecule has 3 nitrogen and oxygen atoms in total. The molecule has 2 fully saturated rings. The average molecular weight is 385 g/mol. The lowest BCUT2D eigenvalue weighted by Crippen LogP contribution is -2.46. The summed E-state index contributed by atoms with van der Waals surface area (Å²) >= 11 is 4.30. The van der Waals surface area contributed by atoms with Gasteiger partial charge in [-0.05, 0) is 50.0 Å². The Balaban J connectivity index is 1.55. The van der Waals surface area contributed by atoms with E-state index in [9.17, 15) is 5.11 Å². The van der Waals surface area contributed by atoms with E-state index >= 15 is 0 Å². The second-order valence-corrected chi connectivity index (χ2v) is 11.3. The molecule has 2 unspecified atom stereocenters. The number of rotatable bonds is 4. The lowest BCUT2D eigenvalue weighted by molar-refractivity contribution is -0.185. The summed E-state index contributed by atoms with van der Waals surface area (Å²) in [5.41, 5.74) is 3.21. The summed E-state index contributed by atoms with van der Waals surface area (Å²) in [6, 6.07) is 0. The lowest BCUT2D eigenvalue weighted by Gasteiger charge is -2.49. The van der Waals surface area contributed by atoms with Gasteiger partial charge in [-0.2, -0.15) is 0 Å². The zero-order valence-electron chi connectivity index (χ0n) is 15.6. The van der Waals surface area contributed by atoms with Crippen LogP contribution in [0.2, 0.25) is 0 Å². The van der Waals surface area contributed by atoms with Crippen molar-refractivity contribution < 1.29 is 14.6 Å². The molecule has 2 heterocycles. The molecule has 2 aliphatic carbocycles. The van der Waals surface area contributed by atoms with E-state index in [1.54, 1.807) is 11.1 Å². The monoisotopic (exact) mass is 384 g/mol. The highest BCUT2D eigenvalue weighted by atomic mass is 32.2. The van der Waals surface area contributed by atoms with Crippen LogP contribution in [0, 0.1) is 11.3 Å². The number of allylic oxidation sites excluding steroid dienone is 1. The maximum Gasteiger partial charge on any atom is 0.157 e. The minimum atomic E-state index is -0.307. The molecule has 142 valence electrons. The molecule has 4 rings (SSSR count). The number of fused-ring (bicyclic) bond motifs is 1. The molecule has 0 aromatic rings. The van der Waals surface area contributed by atoms with Gasteiger partial charge in [-0.15, -0.1) is 23.5 Å². The number of hydrogen-bond acceptors (Lipinski definition) is 5. The van der Waals surface area contributed by atoms with Gasteiger partial charge in [0.1, 0.15) is 0 Å². The minimum Gasteiger partial charge on any atom is -0.392 e. The van der Waals surface area contributed by atoms with Gasteiger partial charge in [0.25, 0.3) is 0 Å². The van der Waals surface area contributed by atoms with E-state index in [-0.39, 0.29) is 21.9 Å². The normalized spacial score (nSPS) is 36.8. The van der Waals surface area contributed by atoms with Gasteiger partial charge in [0, 0.05) is 23.3 Å². The third kappa shape index (κ3) is 3.22. The van der Waals surface area contributed by atoms with Gasteiger partial charge in [-0.3, -0.25) is 0 Å². The number of thioether (sulfide) groups is 2. The van der Waals surface area contributed by atoms with Crippen molar-refractivity contribution in [1.29, 1.82) is 0 Å². The number of aliphatic hydroxyl groups is 1. The van der Waals surface area contributed by atoms with Gasteiger partial charge in [-0.1, -0.05) is 19.4 Å². The summed E-state index contributed by atoms with van der Waals surface area (Å²) in [6.45, 7) is 6.29. The topological polar surface area (TPSA) is 38.7 Å². The Morgan fingerprint density at radius 2 is 1.92 bits per heavy atom. The van der Waals surface area contributed by atoms with Crippen LogP contribution < -0.4 is 0 Å². The third-order valence-corrected chi connectivity index (χ3v) is 10.5. The fraction of sp³-hybridized carbons (Fsp3) is 0.900. The summed E-state index contributed by atoms with van der Waals surface area (Å²) in [6.07, 6.45) is 7.13. The third-order valence-electron chi connectivity index (χ3n) is 6.95. The van der Waals surface area contributed by atoms with E-state index < -0.39 is 0 Å². The van der Waals surface area contributed by atoms with Crippen molar-refractivity contribution in [3.05, 3.63) is 11.1 Å². The van der Waals surface area contributed by atoms with Crippen molar-refractivity contribution in [2.75, 3.05) is 24.7 Å². The molecule has 3 atom stereocenters. The van der Waals surface area contributed by atoms with Gasteiger partial charge < -0.3 is 14.6 Å². The van der Waals surface area contributed by atoms with Gasteiger partial charge >= 0.3 is 0 Å². The molecule has 0 saturated carbocycles. The lowest BCUT2D eigenvalue weighted by atomic mass is 9.61. The quantitative estimate of drug-likeness (QED) is 0.718. The second kappa shape index (κ2) is 7.38. The van der Waals surface area contributed by atoms with Gasteiger partial charge in [0.15, 0.2) is 6.29 Å². The molecule has 0 aromatic heterocycles. The van der Waals surface area contributed by atoms with Crippen LogP contribution in [0.25, 0.3) is 0 Å². The molecule has 1 spiro atoms. The molecule has 0 aromatic carbocycles. The van der Waals surface area contributed by atoms with Crippen LogP contribution in [-0.2, 0) is 9.47 Å². The van der Waals surface area contributed by atoms with Crippen LogP contribution in [0.4, 0.5) is 0 Å². The van der Waals surface area contributed by atoms with Gasteiger partial charge in [-0.25, -0.2) is 0 Å². The minimum absolute atomic E-state index is 0.0942. The highest BCUT2D eigenvalue weighted by molar-refractivity contribution is 8.21. The van der Waals surface area contributed by atoms with E-state index in [2.05, 4.69) is 37.4 Å².